The van der Waals surface area contributed by atoms with Crippen LogP contribution in [-0.4, -0.2) is 0 Å². The zero-order valence-corrected chi connectivity index (χ0v) is 10.7. The highest BCUT2D eigenvalue weighted by Crippen LogP contribution is 2.25. The van der Waals surface area contributed by atoms with E-state index in [0.717, 1.165) is 11.3 Å². The minimum absolute atomic E-state index is 0.581. The van der Waals surface area contributed by atoms with Crippen LogP contribution in [0.5, 0.6) is 0 Å². The lowest BCUT2D eigenvalue weighted by Gasteiger charge is -2.08. The standard InChI is InChI=1S/C16H19N/c1-11(2)13-4-6-14(7-5-13)15-8-9-16(17)12(3)10-15/h4-11H,17H2,1-3H3. The fraction of sp³-hybridized carbons (Fsp3) is 0.250. The van der Waals surface area contributed by atoms with Gasteiger partial charge in [0, 0.05) is 5.69 Å². The Balaban J connectivity index is 2.36. The van der Waals surface area contributed by atoms with Gasteiger partial charge in [-0.3, -0.25) is 0 Å². The summed E-state index contributed by atoms with van der Waals surface area (Å²) in [6.45, 7) is 6.46. The van der Waals surface area contributed by atoms with Gasteiger partial charge in [0.1, 0.15) is 0 Å². The predicted molar refractivity (Wildman–Crippen MR) is 75.1 cm³/mol. The summed E-state index contributed by atoms with van der Waals surface area (Å²) in [5.41, 5.74) is 11.7. The maximum absolute atomic E-state index is 5.83. The molecule has 0 amide bonds. The van der Waals surface area contributed by atoms with Gasteiger partial charge in [0.15, 0.2) is 0 Å². The van der Waals surface area contributed by atoms with Gasteiger partial charge >= 0.3 is 0 Å². The van der Waals surface area contributed by atoms with Crippen LogP contribution in [-0.2, 0) is 0 Å². The average Bonchev–Trinajstić information content (AvgIpc) is 2.33. The summed E-state index contributed by atoms with van der Waals surface area (Å²) in [7, 11) is 0. The number of hydrogen-bond donors (Lipinski definition) is 1. The van der Waals surface area contributed by atoms with Gasteiger partial charge in [0.2, 0.25) is 0 Å². The van der Waals surface area contributed by atoms with Gasteiger partial charge < -0.3 is 5.73 Å². The van der Waals surface area contributed by atoms with E-state index in [-0.39, 0.29) is 0 Å². The van der Waals surface area contributed by atoms with E-state index in [4.69, 9.17) is 5.73 Å². The first-order valence-corrected chi connectivity index (χ1v) is 6.04. The minimum Gasteiger partial charge on any atom is -0.399 e. The van der Waals surface area contributed by atoms with Crippen molar-refractivity contribution in [2.45, 2.75) is 26.7 Å². The Morgan fingerprint density at radius 1 is 0.882 bits per heavy atom. The molecule has 0 aliphatic carbocycles. The Morgan fingerprint density at radius 3 is 2.00 bits per heavy atom. The zero-order chi connectivity index (χ0) is 12.4. The summed E-state index contributed by atoms with van der Waals surface area (Å²) in [6, 6.07) is 14.9. The largest absolute Gasteiger partial charge is 0.399 e. The summed E-state index contributed by atoms with van der Waals surface area (Å²) < 4.78 is 0. The molecule has 2 aromatic carbocycles. The number of aryl methyl sites for hydroxylation is 1. The van der Waals surface area contributed by atoms with Crippen LogP contribution >= 0.6 is 0 Å². The molecule has 0 fully saturated rings. The lowest BCUT2D eigenvalue weighted by Crippen LogP contribution is -1.90. The summed E-state index contributed by atoms with van der Waals surface area (Å²) in [4.78, 5) is 0. The SMILES string of the molecule is Cc1cc(-c2ccc(C(C)C)cc2)ccc1N. The molecular formula is C16H19N. The van der Waals surface area contributed by atoms with E-state index in [1.807, 2.05) is 13.0 Å². The van der Waals surface area contributed by atoms with Gasteiger partial charge in [-0.25, -0.2) is 0 Å². The topological polar surface area (TPSA) is 26.0 Å². The van der Waals surface area contributed by atoms with Gasteiger partial charge in [0.05, 0.1) is 0 Å². The molecule has 0 heterocycles. The van der Waals surface area contributed by atoms with E-state index in [2.05, 4.69) is 50.2 Å². The molecule has 1 heteroatoms. The van der Waals surface area contributed by atoms with E-state index >= 15 is 0 Å². The van der Waals surface area contributed by atoms with E-state index in [1.54, 1.807) is 0 Å². The summed E-state index contributed by atoms with van der Waals surface area (Å²) in [5, 5.41) is 0. The van der Waals surface area contributed by atoms with Gasteiger partial charge in [0.25, 0.3) is 0 Å². The molecule has 0 aliphatic rings. The number of nitrogen functional groups attached to an aromatic ring is 1. The highest BCUT2D eigenvalue weighted by atomic mass is 14.5. The second-order valence-corrected chi connectivity index (χ2v) is 4.85. The van der Waals surface area contributed by atoms with Crippen LogP contribution in [0.15, 0.2) is 42.5 Å². The third-order valence-electron chi connectivity index (χ3n) is 3.18. The molecule has 2 aromatic rings. The Hall–Kier alpha value is -1.76. The van der Waals surface area contributed by atoms with E-state index in [9.17, 15) is 0 Å². The molecule has 0 atom stereocenters. The monoisotopic (exact) mass is 225 g/mol. The molecule has 0 unspecified atom stereocenters. The van der Waals surface area contributed by atoms with E-state index in [1.165, 1.54) is 16.7 Å². The lowest BCUT2D eigenvalue weighted by atomic mass is 9.98. The molecule has 2 rings (SSSR count). The molecule has 88 valence electrons. The Bertz CT molecular complexity index is 510. The highest BCUT2D eigenvalue weighted by Gasteiger charge is 2.02. The van der Waals surface area contributed by atoms with Gasteiger partial charge in [-0.1, -0.05) is 44.2 Å². The summed E-state index contributed by atoms with van der Waals surface area (Å²) >= 11 is 0. The molecule has 0 aromatic heterocycles. The molecule has 0 aliphatic heterocycles. The fourth-order valence-electron chi connectivity index (χ4n) is 1.92. The first kappa shape index (κ1) is 11.7. The summed E-state index contributed by atoms with van der Waals surface area (Å²) in [5.74, 6) is 0.581. The van der Waals surface area contributed by atoms with Gasteiger partial charge in [-0.05, 0) is 47.2 Å². The number of benzene rings is 2. The van der Waals surface area contributed by atoms with Crippen molar-refractivity contribution in [3.8, 4) is 11.1 Å². The highest BCUT2D eigenvalue weighted by molar-refractivity contribution is 5.67. The zero-order valence-electron chi connectivity index (χ0n) is 10.7. The number of rotatable bonds is 2. The third-order valence-corrected chi connectivity index (χ3v) is 3.18. The van der Waals surface area contributed by atoms with Crippen molar-refractivity contribution in [3.05, 3.63) is 53.6 Å². The minimum atomic E-state index is 0.581. The van der Waals surface area contributed by atoms with E-state index in [0.29, 0.717) is 5.92 Å². The number of anilines is 1. The van der Waals surface area contributed by atoms with Crippen LogP contribution < -0.4 is 5.73 Å². The quantitative estimate of drug-likeness (QED) is 0.755. The molecule has 0 spiro atoms. The van der Waals surface area contributed by atoms with Crippen molar-refractivity contribution in [2.24, 2.45) is 0 Å². The van der Waals surface area contributed by atoms with Crippen molar-refractivity contribution in [1.29, 1.82) is 0 Å². The molecular weight excluding hydrogens is 206 g/mol. The van der Waals surface area contributed by atoms with Crippen molar-refractivity contribution in [2.75, 3.05) is 5.73 Å². The van der Waals surface area contributed by atoms with Crippen LogP contribution in [0.1, 0.15) is 30.9 Å². The maximum Gasteiger partial charge on any atom is 0.0344 e. The van der Waals surface area contributed by atoms with Crippen LogP contribution in [0.2, 0.25) is 0 Å². The van der Waals surface area contributed by atoms with Gasteiger partial charge in [-0.15, -0.1) is 0 Å². The van der Waals surface area contributed by atoms with Crippen LogP contribution in [0.3, 0.4) is 0 Å². The Morgan fingerprint density at radius 2 is 1.47 bits per heavy atom. The van der Waals surface area contributed by atoms with Gasteiger partial charge in [-0.2, -0.15) is 0 Å². The summed E-state index contributed by atoms with van der Waals surface area (Å²) in [6.07, 6.45) is 0. The lowest BCUT2D eigenvalue weighted by molar-refractivity contribution is 0.867. The second kappa shape index (κ2) is 4.62. The first-order valence-electron chi connectivity index (χ1n) is 6.04. The first-order chi connectivity index (χ1) is 8.08. The van der Waals surface area contributed by atoms with Crippen molar-refractivity contribution < 1.29 is 0 Å². The third kappa shape index (κ3) is 2.50. The fourth-order valence-corrected chi connectivity index (χ4v) is 1.92. The molecule has 0 bridgehead atoms. The van der Waals surface area contributed by atoms with Crippen molar-refractivity contribution in [3.63, 3.8) is 0 Å². The molecule has 1 nitrogen and oxygen atoms in total. The smallest absolute Gasteiger partial charge is 0.0344 e. The molecule has 2 N–H and O–H groups in total. The van der Waals surface area contributed by atoms with Crippen molar-refractivity contribution >= 4 is 5.69 Å². The normalized spacial score (nSPS) is 10.8. The maximum atomic E-state index is 5.83. The number of nitrogens with two attached hydrogens (primary N) is 1. The van der Waals surface area contributed by atoms with Crippen LogP contribution in [0.4, 0.5) is 5.69 Å². The number of hydrogen-bond acceptors (Lipinski definition) is 1. The molecule has 0 saturated heterocycles. The average molecular weight is 225 g/mol. The Kier molecular flexibility index (Phi) is 3.19. The van der Waals surface area contributed by atoms with E-state index < -0.39 is 0 Å². The predicted octanol–water partition coefficient (Wildman–Crippen LogP) is 4.37. The molecule has 17 heavy (non-hydrogen) atoms. The molecule has 0 saturated carbocycles. The van der Waals surface area contributed by atoms with Crippen LogP contribution in [0.25, 0.3) is 11.1 Å². The second-order valence-electron chi connectivity index (χ2n) is 4.85. The van der Waals surface area contributed by atoms with Crippen molar-refractivity contribution in [1.82, 2.24) is 0 Å². The Labute approximate surface area is 103 Å². The van der Waals surface area contributed by atoms with Crippen LogP contribution in [0, 0.1) is 6.92 Å². The molecule has 0 radical (unpaired) electrons.